The molecule has 0 fully saturated rings. The van der Waals surface area contributed by atoms with Gasteiger partial charge in [0.15, 0.2) is 11.4 Å². The van der Waals surface area contributed by atoms with E-state index >= 15 is 0 Å². The van der Waals surface area contributed by atoms with Gasteiger partial charge < -0.3 is 15.0 Å². The number of anilines is 1. The number of hydrogen-bond acceptors (Lipinski definition) is 4. The van der Waals surface area contributed by atoms with Gasteiger partial charge in [0.2, 0.25) is 0 Å². The molecule has 0 bridgehead atoms. The van der Waals surface area contributed by atoms with E-state index in [9.17, 15) is 9.59 Å². The van der Waals surface area contributed by atoms with Gasteiger partial charge in [-0.25, -0.2) is 9.78 Å². The molecule has 0 unspecified atom stereocenters. The molecule has 5 rings (SSSR count). The molecule has 0 aliphatic heterocycles. The van der Waals surface area contributed by atoms with Crippen LogP contribution >= 0.6 is 0 Å². The Morgan fingerprint density at radius 1 is 0.933 bits per heavy atom. The highest BCUT2D eigenvalue weighted by atomic mass is 16.5. The number of pyridine rings is 1. The highest BCUT2D eigenvalue weighted by Gasteiger charge is 2.12. The highest BCUT2D eigenvalue weighted by Crippen LogP contribution is 2.28. The van der Waals surface area contributed by atoms with Crippen LogP contribution in [0.3, 0.4) is 0 Å². The van der Waals surface area contributed by atoms with Crippen LogP contribution in [0.5, 0.6) is 11.5 Å². The van der Waals surface area contributed by atoms with Crippen molar-refractivity contribution >= 4 is 33.5 Å². The Morgan fingerprint density at radius 2 is 1.77 bits per heavy atom. The van der Waals surface area contributed by atoms with Gasteiger partial charge in [-0.3, -0.25) is 9.78 Å². The summed E-state index contributed by atoms with van der Waals surface area (Å²) in [5.74, 6) is 0.765. The van der Waals surface area contributed by atoms with Crippen LogP contribution in [0.2, 0.25) is 0 Å². The van der Waals surface area contributed by atoms with Crippen molar-refractivity contribution in [2.45, 2.75) is 0 Å². The van der Waals surface area contributed by atoms with Gasteiger partial charge >= 0.3 is 5.69 Å². The summed E-state index contributed by atoms with van der Waals surface area (Å²) in [4.78, 5) is 33.8. The second kappa shape index (κ2) is 7.21. The van der Waals surface area contributed by atoms with E-state index in [4.69, 9.17) is 4.74 Å². The summed E-state index contributed by atoms with van der Waals surface area (Å²) in [6, 6.07) is 22.1. The first kappa shape index (κ1) is 17.7. The lowest BCUT2D eigenvalue weighted by molar-refractivity contribution is 0.102. The highest BCUT2D eigenvalue weighted by molar-refractivity contribution is 6.12. The Bertz CT molecular complexity index is 1450. The number of aromatic nitrogens is 3. The summed E-state index contributed by atoms with van der Waals surface area (Å²) in [5, 5.41) is 4.82. The largest absolute Gasteiger partial charge is 0.455 e. The molecule has 30 heavy (non-hydrogen) atoms. The minimum absolute atomic E-state index is 0.204. The van der Waals surface area contributed by atoms with Crippen LogP contribution in [0.4, 0.5) is 5.69 Å². The third kappa shape index (κ3) is 3.29. The molecular weight excluding hydrogens is 380 g/mol. The van der Waals surface area contributed by atoms with Crippen molar-refractivity contribution in [1.29, 1.82) is 0 Å². The topological polar surface area (TPSA) is 99.9 Å². The van der Waals surface area contributed by atoms with Crippen LogP contribution in [-0.2, 0) is 0 Å². The van der Waals surface area contributed by atoms with E-state index in [-0.39, 0.29) is 11.6 Å². The van der Waals surface area contributed by atoms with Crippen molar-refractivity contribution in [3.8, 4) is 11.5 Å². The molecule has 0 aliphatic carbocycles. The van der Waals surface area contributed by atoms with Crippen LogP contribution < -0.4 is 15.7 Å². The van der Waals surface area contributed by atoms with Gasteiger partial charge in [-0.1, -0.05) is 42.5 Å². The molecule has 5 aromatic rings. The predicted octanol–water partition coefficient (Wildman–Crippen LogP) is 4.45. The number of aromatic amines is 2. The Morgan fingerprint density at radius 3 is 2.70 bits per heavy atom. The summed E-state index contributed by atoms with van der Waals surface area (Å²) < 4.78 is 5.92. The van der Waals surface area contributed by atoms with E-state index < -0.39 is 0 Å². The number of benzene rings is 3. The predicted molar refractivity (Wildman–Crippen MR) is 115 cm³/mol. The zero-order chi connectivity index (χ0) is 20.5. The van der Waals surface area contributed by atoms with Gasteiger partial charge in [-0.2, -0.15) is 0 Å². The third-order valence-corrected chi connectivity index (χ3v) is 4.74. The summed E-state index contributed by atoms with van der Waals surface area (Å²) in [7, 11) is 0. The molecule has 0 saturated heterocycles. The maximum atomic E-state index is 12.9. The second-order valence-corrected chi connectivity index (χ2v) is 6.72. The molecule has 3 aromatic carbocycles. The van der Waals surface area contributed by atoms with Crippen LogP contribution in [0, 0.1) is 0 Å². The summed E-state index contributed by atoms with van der Waals surface area (Å²) in [5.41, 5.74) is 1.73. The number of amides is 1. The molecule has 0 radical (unpaired) electrons. The quantitative estimate of drug-likeness (QED) is 0.418. The smallest absolute Gasteiger partial charge is 0.325 e. The van der Waals surface area contributed by atoms with Crippen molar-refractivity contribution in [3.63, 3.8) is 0 Å². The number of carbonyl (C=O) groups excluding carboxylic acids is 1. The van der Waals surface area contributed by atoms with Crippen LogP contribution in [-0.4, -0.2) is 20.9 Å². The van der Waals surface area contributed by atoms with Crippen molar-refractivity contribution in [1.82, 2.24) is 15.0 Å². The van der Waals surface area contributed by atoms with E-state index in [1.165, 1.54) is 0 Å². The lowest BCUT2D eigenvalue weighted by Crippen LogP contribution is -2.12. The maximum absolute atomic E-state index is 12.9. The number of carbonyl (C=O) groups is 1. The molecule has 3 N–H and O–H groups in total. The molecule has 0 aliphatic rings. The molecule has 7 nitrogen and oxygen atoms in total. The number of nitrogens with one attached hydrogen (secondary N) is 3. The molecule has 2 aromatic heterocycles. The molecule has 7 heteroatoms. The molecule has 146 valence electrons. The fourth-order valence-corrected chi connectivity index (χ4v) is 3.38. The van der Waals surface area contributed by atoms with Gasteiger partial charge in [-0.05, 0) is 29.0 Å². The zero-order valence-electron chi connectivity index (χ0n) is 15.7. The van der Waals surface area contributed by atoms with E-state index in [2.05, 4.69) is 20.3 Å². The monoisotopic (exact) mass is 396 g/mol. The lowest BCUT2D eigenvalue weighted by atomic mass is 10.0. The van der Waals surface area contributed by atoms with Crippen LogP contribution in [0.1, 0.15) is 10.4 Å². The first-order chi connectivity index (χ1) is 14.7. The van der Waals surface area contributed by atoms with E-state index in [0.29, 0.717) is 33.9 Å². The summed E-state index contributed by atoms with van der Waals surface area (Å²) in [6.45, 7) is 0. The van der Waals surface area contributed by atoms with E-state index in [1.807, 2.05) is 36.4 Å². The fourth-order valence-electron chi connectivity index (χ4n) is 3.38. The number of ether oxygens (including phenoxy) is 1. The van der Waals surface area contributed by atoms with E-state index in [1.54, 1.807) is 42.6 Å². The molecular formula is C23H16N4O3. The van der Waals surface area contributed by atoms with Gasteiger partial charge in [0.05, 0.1) is 0 Å². The molecule has 1 amide bonds. The fraction of sp³-hybridized carbons (Fsp3) is 0. The normalized spacial score (nSPS) is 10.9. The Labute approximate surface area is 170 Å². The van der Waals surface area contributed by atoms with Gasteiger partial charge in [0.25, 0.3) is 5.91 Å². The third-order valence-electron chi connectivity index (χ3n) is 4.74. The number of imidazole rings is 1. The van der Waals surface area contributed by atoms with Crippen LogP contribution in [0.25, 0.3) is 21.9 Å². The molecule has 0 spiro atoms. The standard InChI is InChI=1S/C23H16N4O3/c28-22(18-10-3-6-14-5-1-2-9-17(14)18)25-15-7-4-8-16(13-15)30-19-11-12-24-21-20(19)26-23(29)27-21/h1-13H,(H,25,28)(H2,24,26,27,29). The Hall–Kier alpha value is -4.39. The molecule has 2 heterocycles. The molecule has 0 saturated carbocycles. The number of hydrogen-bond donors (Lipinski definition) is 3. The van der Waals surface area contributed by atoms with Crippen molar-refractivity contribution in [2.75, 3.05) is 5.32 Å². The van der Waals surface area contributed by atoms with Gasteiger partial charge in [-0.15, -0.1) is 0 Å². The number of rotatable bonds is 4. The average molecular weight is 396 g/mol. The Kier molecular flexibility index (Phi) is 4.25. The van der Waals surface area contributed by atoms with E-state index in [0.717, 1.165) is 10.8 Å². The maximum Gasteiger partial charge on any atom is 0.325 e. The van der Waals surface area contributed by atoms with Crippen LogP contribution in [0.15, 0.2) is 83.8 Å². The van der Waals surface area contributed by atoms with Crippen molar-refractivity contribution in [2.24, 2.45) is 0 Å². The summed E-state index contributed by atoms with van der Waals surface area (Å²) in [6.07, 6.45) is 1.55. The first-order valence-corrected chi connectivity index (χ1v) is 9.31. The van der Waals surface area contributed by atoms with Gasteiger partial charge in [0.1, 0.15) is 11.3 Å². The average Bonchev–Trinajstić information content (AvgIpc) is 3.15. The molecule has 0 atom stereocenters. The summed E-state index contributed by atoms with van der Waals surface area (Å²) >= 11 is 0. The minimum atomic E-state index is -0.357. The minimum Gasteiger partial charge on any atom is -0.455 e. The van der Waals surface area contributed by atoms with Gasteiger partial charge in [0, 0.05) is 29.6 Å². The number of H-pyrrole nitrogens is 2. The number of fused-ring (bicyclic) bond motifs is 2. The second-order valence-electron chi connectivity index (χ2n) is 6.72. The van der Waals surface area contributed by atoms with Crippen molar-refractivity contribution < 1.29 is 9.53 Å². The zero-order valence-corrected chi connectivity index (χ0v) is 15.7. The lowest BCUT2D eigenvalue weighted by Gasteiger charge is -2.10. The number of nitrogens with zero attached hydrogens (tertiary/aromatic N) is 1. The van der Waals surface area contributed by atoms with Crippen molar-refractivity contribution in [3.05, 3.63) is 95.0 Å². The SMILES string of the molecule is O=C(Nc1cccc(Oc2ccnc3[nH]c(=O)[nH]c23)c1)c1cccc2ccccc12. The first-order valence-electron chi connectivity index (χ1n) is 9.31. The Balaban J connectivity index is 1.42.